The number of aromatic nitrogens is 2. The summed E-state index contributed by atoms with van der Waals surface area (Å²) in [6.07, 6.45) is 0.196. The monoisotopic (exact) mass is 308 g/mol. The van der Waals surface area contributed by atoms with Gasteiger partial charge in [-0.2, -0.15) is 0 Å². The molecule has 0 aliphatic heterocycles. The second kappa shape index (κ2) is 5.14. The predicted molar refractivity (Wildman–Crippen MR) is 76.8 cm³/mol. The van der Waals surface area contributed by atoms with Crippen molar-refractivity contribution in [2.45, 2.75) is 26.9 Å². The van der Waals surface area contributed by atoms with Crippen LogP contribution in [-0.4, -0.2) is 15.7 Å². The number of nitrogens with zero attached hydrogens (tertiary/aromatic N) is 2. The lowest BCUT2D eigenvalue weighted by atomic mass is 10.1. The van der Waals surface area contributed by atoms with Gasteiger partial charge in [-0.1, -0.05) is 0 Å². The summed E-state index contributed by atoms with van der Waals surface area (Å²) in [5.41, 5.74) is 2.21. The average Bonchev–Trinajstić information content (AvgIpc) is 2.54. The first-order valence-electron chi connectivity index (χ1n) is 5.95. The maximum absolute atomic E-state index is 5.64. The van der Waals surface area contributed by atoms with E-state index in [1.54, 1.807) is 0 Å². The molecule has 0 bridgehead atoms. The highest BCUT2D eigenvalue weighted by atomic mass is 79.9. The molecule has 0 N–H and O–H groups in total. The van der Waals surface area contributed by atoms with Gasteiger partial charge in [0.25, 0.3) is 0 Å². The van der Waals surface area contributed by atoms with Crippen LogP contribution in [0.2, 0.25) is 0 Å². The van der Waals surface area contributed by atoms with Gasteiger partial charge >= 0.3 is 0 Å². The molecular weight excluding hydrogens is 292 g/mol. The number of rotatable bonds is 3. The van der Waals surface area contributed by atoms with Gasteiger partial charge in [-0.25, -0.2) is 4.98 Å². The van der Waals surface area contributed by atoms with Crippen LogP contribution < -0.4 is 4.74 Å². The van der Waals surface area contributed by atoms with E-state index in [2.05, 4.69) is 37.6 Å². The molecule has 0 aliphatic carbocycles. The SMILES string of the molecule is Cc1nc(Br)c(-c2ccc(OC(C)C)cc2)n1C. The van der Waals surface area contributed by atoms with Gasteiger partial charge in [-0.3, -0.25) is 0 Å². The molecule has 1 heterocycles. The molecule has 96 valence electrons. The summed E-state index contributed by atoms with van der Waals surface area (Å²) in [7, 11) is 2.01. The third-order valence-electron chi connectivity index (χ3n) is 2.78. The van der Waals surface area contributed by atoms with Crippen molar-refractivity contribution in [1.29, 1.82) is 0 Å². The number of hydrogen-bond donors (Lipinski definition) is 0. The molecule has 0 fully saturated rings. The lowest BCUT2D eigenvalue weighted by Crippen LogP contribution is -2.05. The maximum atomic E-state index is 5.64. The van der Waals surface area contributed by atoms with Gasteiger partial charge in [0.15, 0.2) is 0 Å². The third kappa shape index (κ3) is 2.58. The molecule has 2 aromatic rings. The highest BCUT2D eigenvalue weighted by Crippen LogP contribution is 2.29. The van der Waals surface area contributed by atoms with E-state index in [4.69, 9.17) is 4.74 Å². The maximum Gasteiger partial charge on any atom is 0.132 e. The number of imidazole rings is 1. The standard InChI is InChI=1S/C14H17BrN2O/c1-9(2)18-12-7-5-11(6-8-12)13-14(15)16-10(3)17(13)4/h5-9H,1-4H3. The molecule has 0 radical (unpaired) electrons. The first kappa shape index (κ1) is 13.1. The van der Waals surface area contributed by atoms with E-state index in [0.29, 0.717) is 0 Å². The van der Waals surface area contributed by atoms with Gasteiger partial charge < -0.3 is 9.30 Å². The van der Waals surface area contributed by atoms with E-state index < -0.39 is 0 Å². The number of halogens is 1. The zero-order valence-electron chi connectivity index (χ0n) is 11.1. The van der Waals surface area contributed by atoms with Crippen LogP contribution in [0.1, 0.15) is 19.7 Å². The largest absolute Gasteiger partial charge is 0.491 e. The molecule has 1 aromatic heterocycles. The smallest absolute Gasteiger partial charge is 0.132 e. The Morgan fingerprint density at radius 1 is 1.22 bits per heavy atom. The topological polar surface area (TPSA) is 27.1 Å². The van der Waals surface area contributed by atoms with Gasteiger partial charge in [0.2, 0.25) is 0 Å². The zero-order valence-corrected chi connectivity index (χ0v) is 12.7. The molecule has 0 spiro atoms. The quantitative estimate of drug-likeness (QED) is 0.858. The molecule has 18 heavy (non-hydrogen) atoms. The fourth-order valence-corrected chi connectivity index (χ4v) is 2.60. The van der Waals surface area contributed by atoms with Crippen molar-refractivity contribution in [3.63, 3.8) is 0 Å². The Labute approximate surface area is 116 Å². The lowest BCUT2D eigenvalue weighted by molar-refractivity contribution is 0.242. The van der Waals surface area contributed by atoms with E-state index in [0.717, 1.165) is 27.4 Å². The second-order valence-corrected chi connectivity index (χ2v) is 5.30. The van der Waals surface area contributed by atoms with Crippen LogP contribution in [-0.2, 0) is 7.05 Å². The minimum Gasteiger partial charge on any atom is -0.491 e. The van der Waals surface area contributed by atoms with Crippen LogP contribution in [0.25, 0.3) is 11.3 Å². The highest BCUT2D eigenvalue weighted by molar-refractivity contribution is 9.10. The summed E-state index contributed by atoms with van der Waals surface area (Å²) >= 11 is 3.50. The van der Waals surface area contributed by atoms with Crippen LogP contribution in [0.5, 0.6) is 5.75 Å². The Morgan fingerprint density at radius 2 is 1.83 bits per heavy atom. The van der Waals surface area contributed by atoms with Crippen molar-refractivity contribution >= 4 is 15.9 Å². The van der Waals surface area contributed by atoms with Gasteiger partial charge in [0.1, 0.15) is 16.2 Å². The molecule has 1 aromatic carbocycles. The minimum atomic E-state index is 0.196. The molecule has 0 atom stereocenters. The van der Waals surface area contributed by atoms with Crippen molar-refractivity contribution < 1.29 is 4.74 Å². The first-order chi connectivity index (χ1) is 8.49. The minimum absolute atomic E-state index is 0.196. The average molecular weight is 309 g/mol. The van der Waals surface area contributed by atoms with E-state index >= 15 is 0 Å². The summed E-state index contributed by atoms with van der Waals surface area (Å²) in [6, 6.07) is 8.09. The molecule has 3 nitrogen and oxygen atoms in total. The second-order valence-electron chi connectivity index (χ2n) is 4.55. The van der Waals surface area contributed by atoms with Crippen molar-refractivity contribution in [3.8, 4) is 17.0 Å². The molecule has 0 unspecified atom stereocenters. The van der Waals surface area contributed by atoms with Crippen molar-refractivity contribution in [1.82, 2.24) is 9.55 Å². The fourth-order valence-electron chi connectivity index (χ4n) is 1.85. The molecule has 0 saturated heterocycles. The van der Waals surface area contributed by atoms with Crippen LogP contribution in [0.4, 0.5) is 0 Å². The van der Waals surface area contributed by atoms with Crippen molar-refractivity contribution in [2.75, 3.05) is 0 Å². The van der Waals surface area contributed by atoms with Crippen LogP contribution in [0.3, 0.4) is 0 Å². The van der Waals surface area contributed by atoms with Crippen LogP contribution >= 0.6 is 15.9 Å². The Bertz CT molecular complexity index is 544. The van der Waals surface area contributed by atoms with Gasteiger partial charge in [-0.05, 0) is 61.0 Å². The summed E-state index contributed by atoms with van der Waals surface area (Å²) in [4.78, 5) is 4.41. The van der Waals surface area contributed by atoms with E-state index in [1.807, 2.05) is 40.0 Å². The Hall–Kier alpha value is -1.29. The van der Waals surface area contributed by atoms with E-state index in [1.165, 1.54) is 0 Å². The van der Waals surface area contributed by atoms with Gasteiger partial charge in [0.05, 0.1) is 11.8 Å². The first-order valence-corrected chi connectivity index (χ1v) is 6.74. The molecule has 0 saturated carbocycles. The number of hydrogen-bond acceptors (Lipinski definition) is 2. The van der Waals surface area contributed by atoms with Crippen LogP contribution in [0, 0.1) is 6.92 Å². The number of aryl methyl sites for hydroxylation is 1. The number of ether oxygens (including phenoxy) is 1. The van der Waals surface area contributed by atoms with Crippen LogP contribution in [0.15, 0.2) is 28.9 Å². The molecule has 2 rings (SSSR count). The molecule has 0 amide bonds. The Kier molecular flexibility index (Phi) is 3.76. The Morgan fingerprint density at radius 3 is 2.28 bits per heavy atom. The summed E-state index contributed by atoms with van der Waals surface area (Å²) in [5.74, 6) is 1.88. The zero-order chi connectivity index (χ0) is 13.3. The third-order valence-corrected chi connectivity index (χ3v) is 3.33. The molecule has 0 aliphatic rings. The Balaban J connectivity index is 2.34. The van der Waals surface area contributed by atoms with Gasteiger partial charge in [0, 0.05) is 12.6 Å². The normalized spacial score (nSPS) is 11.0. The van der Waals surface area contributed by atoms with E-state index in [-0.39, 0.29) is 6.10 Å². The van der Waals surface area contributed by atoms with E-state index in [9.17, 15) is 0 Å². The number of benzene rings is 1. The fraction of sp³-hybridized carbons (Fsp3) is 0.357. The molecular formula is C14H17BrN2O. The molecule has 4 heteroatoms. The summed E-state index contributed by atoms with van der Waals surface area (Å²) in [5, 5.41) is 0. The predicted octanol–water partition coefficient (Wildman–Crippen LogP) is 3.95. The summed E-state index contributed by atoms with van der Waals surface area (Å²) in [6.45, 7) is 6.04. The van der Waals surface area contributed by atoms with Gasteiger partial charge in [-0.15, -0.1) is 0 Å². The summed E-state index contributed by atoms with van der Waals surface area (Å²) < 4.78 is 8.58. The highest BCUT2D eigenvalue weighted by Gasteiger charge is 2.12. The van der Waals surface area contributed by atoms with Crippen molar-refractivity contribution in [3.05, 3.63) is 34.7 Å². The van der Waals surface area contributed by atoms with Crippen molar-refractivity contribution in [2.24, 2.45) is 7.05 Å². The lowest BCUT2D eigenvalue weighted by Gasteiger charge is -2.10.